The highest BCUT2D eigenvalue weighted by Gasteiger charge is 2.18. The molecule has 1 aliphatic rings. The van der Waals surface area contributed by atoms with Gasteiger partial charge in [0.1, 0.15) is 0 Å². The fourth-order valence-electron chi connectivity index (χ4n) is 2.89. The second-order valence-electron chi connectivity index (χ2n) is 6.24. The lowest BCUT2D eigenvalue weighted by atomic mass is 10.2. The Morgan fingerprint density at radius 2 is 1.85 bits per heavy atom. The molecule has 0 aromatic carbocycles. The van der Waals surface area contributed by atoms with Gasteiger partial charge in [-0.25, -0.2) is 19.4 Å². The number of aromatic amines is 1. The van der Waals surface area contributed by atoms with Gasteiger partial charge in [0.05, 0.1) is 0 Å². The molecule has 3 heterocycles. The molecule has 140 valence electrons. The molecule has 26 heavy (non-hydrogen) atoms. The fourth-order valence-corrected chi connectivity index (χ4v) is 2.89. The maximum atomic E-state index is 11.6. The zero-order valence-electron chi connectivity index (χ0n) is 14.9. The molecule has 0 spiro atoms. The lowest BCUT2D eigenvalue weighted by Crippen LogP contribution is -2.47. The Labute approximate surface area is 150 Å². The van der Waals surface area contributed by atoms with Crippen LogP contribution in [0.5, 0.6) is 0 Å². The number of rotatable bonds is 7. The largest absolute Gasteiger partial charge is 0.364 e. The third-order valence-corrected chi connectivity index (χ3v) is 4.38. The van der Waals surface area contributed by atoms with Gasteiger partial charge in [0.25, 0.3) is 5.56 Å². The van der Waals surface area contributed by atoms with Crippen molar-refractivity contribution in [2.75, 3.05) is 49.5 Å². The summed E-state index contributed by atoms with van der Waals surface area (Å²) in [5.74, 6) is 0.981. The smallest absolute Gasteiger partial charge is 0.344 e. The third kappa shape index (κ3) is 4.66. The molecule has 1 fully saturated rings. The Kier molecular flexibility index (Phi) is 5.95. The molecule has 3 rings (SSSR count). The van der Waals surface area contributed by atoms with E-state index in [1.807, 2.05) is 6.07 Å². The van der Waals surface area contributed by atoms with E-state index in [1.165, 1.54) is 7.05 Å². The van der Waals surface area contributed by atoms with Crippen molar-refractivity contribution in [2.24, 2.45) is 7.05 Å². The molecular weight excluding hydrogens is 336 g/mol. The van der Waals surface area contributed by atoms with Gasteiger partial charge in [0, 0.05) is 52.2 Å². The average Bonchev–Trinajstić information content (AvgIpc) is 2.66. The van der Waals surface area contributed by atoms with Crippen molar-refractivity contribution in [1.82, 2.24) is 29.6 Å². The molecule has 0 atom stereocenters. The minimum atomic E-state index is -0.513. The highest BCUT2D eigenvalue weighted by atomic mass is 16.2. The Morgan fingerprint density at radius 1 is 1.12 bits per heavy atom. The first-order valence-corrected chi connectivity index (χ1v) is 8.79. The molecule has 0 bridgehead atoms. The predicted molar refractivity (Wildman–Crippen MR) is 98.5 cm³/mol. The van der Waals surface area contributed by atoms with Crippen molar-refractivity contribution in [3.8, 4) is 0 Å². The van der Waals surface area contributed by atoms with E-state index in [0.29, 0.717) is 6.54 Å². The molecule has 1 saturated heterocycles. The van der Waals surface area contributed by atoms with E-state index in [9.17, 15) is 9.59 Å². The molecule has 1 aliphatic heterocycles. The first-order valence-electron chi connectivity index (χ1n) is 8.79. The van der Waals surface area contributed by atoms with Crippen LogP contribution >= 0.6 is 0 Å². The van der Waals surface area contributed by atoms with E-state index in [-0.39, 0.29) is 5.82 Å². The van der Waals surface area contributed by atoms with Gasteiger partial charge < -0.3 is 10.2 Å². The quantitative estimate of drug-likeness (QED) is 0.622. The summed E-state index contributed by atoms with van der Waals surface area (Å²) in [6.45, 7) is 5.51. The number of hydrogen-bond acceptors (Lipinski definition) is 8. The number of aryl methyl sites for hydroxylation is 1. The molecule has 10 nitrogen and oxygen atoms in total. The highest BCUT2D eigenvalue weighted by Crippen LogP contribution is 2.10. The Hall–Kier alpha value is -2.75. The minimum Gasteiger partial charge on any atom is -0.364 e. The summed E-state index contributed by atoms with van der Waals surface area (Å²) in [6, 6.07) is 1.83. The maximum absolute atomic E-state index is 11.6. The van der Waals surface area contributed by atoms with Crippen LogP contribution in [0.25, 0.3) is 0 Å². The van der Waals surface area contributed by atoms with Crippen LogP contribution in [0.2, 0.25) is 0 Å². The number of hydrogen-bond donors (Lipinski definition) is 2. The Balaban J connectivity index is 1.34. The van der Waals surface area contributed by atoms with Gasteiger partial charge in [0.2, 0.25) is 11.8 Å². The number of nitrogens with zero attached hydrogens (tertiary/aromatic N) is 6. The SMILES string of the molecule is Cn1nc(NCCCCN2CCN(c3ncccn3)CC2)c(=O)[nH]c1=O. The van der Waals surface area contributed by atoms with Crippen molar-refractivity contribution in [1.29, 1.82) is 0 Å². The van der Waals surface area contributed by atoms with Crippen LogP contribution in [0.3, 0.4) is 0 Å². The van der Waals surface area contributed by atoms with Gasteiger partial charge in [-0.05, 0) is 25.5 Å². The molecule has 0 saturated carbocycles. The van der Waals surface area contributed by atoms with Crippen LogP contribution in [0.1, 0.15) is 12.8 Å². The average molecular weight is 360 g/mol. The summed E-state index contributed by atoms with van der Waals surface area (Å²) in [6.07, 6.45) is 5.49. The second kappa shape index (κ2) is 8.56. The van der Waals surface area contributed by atoms with Crippen LogP contribution in [-0.2, 0) is 7.05 Å². The van der Waals surface area contributed by atoms with Crippen molar-refractivity contribution in [3.05, 3.63) is 39.3 Å². The van der Waals surface area contributed by atoms with Gasteiger partial charge in [-0.15, -0.1) is 5.10 Å². The minimum absolute atomic E-state index is 0.184. The summed E-state index contributed by atoms with van der Waals surface area (Å²) in [7, 11) is 1.50. The second-order valence-corrected chi connectivity index (χ2v) is 6.24. The van der Waals surface area contributed by atoms with E-state index in [0.717, 1.165) is 56.2 Å². The van der Waals surface area contributed by atoms with Crippen LogP contribution in [0.15, 0.2) is 28.0 Å². The number of anilines is 2. The summed E-state index contributed by atoms with van der Waals surface area (Å²) in [5, 5.41) is 6.91. The number of unbranched alkanes of at least 4 members (excludes halogenated alkanes) is 1. The first kappa shape index (κ1) is 18.1. The lowest BCUT2D eigenvalue weighted by Gasteiger charge is -2.34. The molecule has 2 aromatic rings. The van der Waals surface area contributed by atoms with E-state index < -0.39 is 11.2 Å². The number of nitrogens with one attached hydrogen (secondary N) is 2. The molecular formula is C16H24N8O2. The Bertz CT molecular complexity index is 811. The third-order valence-electron chi connectivity index (χ3n) is 4.38. The summed E-state index contributed by atoms with van der Waals surface area (Å²) in [4.78, 5) is 38.3. The highest BCUT2D eigenvalue weighted by molar-refractivity contribution is 5.29. The molecule has 10 heteroatoms. The van der Waals surface area contributed by atoms with Crippen LogP contribution < -0.4 is 21.5 Å². The van der Waals surface area contributed by atoms with Crippen LogP contribution in [0.4, 0.5) is 11.8 Å². The fraction of sp³-hybridized carbons (Fsp3) is 0.562. The molecule has 2 N–H and O–H groups in total. The normalized spacial score (nSPS) is 15.2. The summed E-state index contributed by atoms with van der Waals surface area (Å²) in [5.41, 5.74) is -0.993. The number of H-pyrrole nitrogens is 1. The van der Waals surface area contributed by atoms with Crippen LogP contribution in [0, 0.1) is 0 Å². The maximum Gasteiger partial charge on any atom is 0.344 e. The molecule has 2 aromatic heterocycles. The van der Waals surface area contributed by atoms with Crippen molar-refractivity contribution < 1.29 is 0 Å². The standard InChI is InChI=1S/C16H24N8O2/c1-22-16(26)20-14(25)13(21-22)17-5-2-3-8-23-9-11-24(12-10-23)15-18-6-4-7-19-15/h4,6-7H,2-3,5,8-12H2,1H3,(H,17,21)(H,20,25,26). The van der Waals surface area contributed by atoms with Crippen molar-refractivity contribution in [3.63, 3.8) is 0 Å². The van der Waals surface area contributed by atoms with Crippen molar-refractivity contribution >= 4 is 11.8 Å². The van der Waals surface area contributed by atoms with E-state index >= 15 is 0 Å². The zero-order valence-corrected chi connectivity index (χ0v) is 14.9. The van der Waals surface area contributed by atoms with Crippen molar-refractivity contribution in [2.45, 2.75) is 12.8 Å². The van der Waals surface area contributed by atoms with Gasteiger partial charge >= 0.3 is 5.69 Å². The first-order chi connectivity index (χ1) is 12.6. The van der Waals surface area contributed by atoms with Gasteiger partial charge in [-0.2, -0.15) is 0 Å². The lowest BCUT2D eigenvalue weighted by molar-refractivity contribution is 0.252. The van der Waals surface area contributed by atoms with Gasteiger partial charge in [-0.1, -0.05) is 0 Å². The Morgan fingerprint density at radius 3 is 2.58 bits per heavy atom. The molecule has 0 radical (unpaired) electrons. The topological polar surface area (TPSA) is 112 Å². The van der Waals surface area contributed by atoms with E-state index in [2.05, 4.69) is 35.2 Å². The van der Waals surface area contributed by atoms with Gasteiger partial charge in [0.15, 0.2) is 0 Å². The number of aromatic nitrogens is 5. The van der Waals surface area contributed by atoms with E-state index in [4.69, 9.17) is 0 Å². The molecule has 0 aliphatic carbocycles. The summed E-state index contributed by atoms with van der Waals surface area (Å²) >= 11 is 0. The molecule has 0 amide bonds. The molecule has 0 unspecified atom stereocenters. The van der Waals surface area contributed by atoms with Crippen LogP contribution in [-0.4, -0.2) is 68.9 Å². The predicted octanol–water partition coefficient (Wildman–Crippen LogP) is -0.727. The monoisotopic (exact) mass is 360 g/mol. The van der Waals surface area contributed by atoms with Gasteiger partial charge in [-0.3, -0.25) is 14.7 Å². The zero-order chi connectivity index (χ0) is 18.4. The van der Waals surface area contributed by atoms with E-state index in [1.54, 1.807) is 12.4 Å². The number of piperazine rings is 1. The summed E-state index contributed by atoms with van der Waals surface area (Å²) < 4.78 is 1.11.